The smallest absolute Gasteiger partial charge is 0.121 e. The monoisotopic (exact) mass is 343 g/mol. The second-order valence-corrected chi connectivity index (χ2v) is 17.2. The fourth-order valence-electron chi connectivity index (χ4n) is 5.05. The Bertz CT molecular complexity index is 208. The lowest BCUT2D eigenvalue weighted by Crippen LogP contribution is -2.65. The zero-order valence-electron chi connectivity index (χ0n) is 16.9. The molecule has 0 N–H and O–H groups in total. The lowest BCUT2D eigenvalue weighted by Gasteiger charge is -2.52. The van der Waals surface area contributed by atoms with Crippen LogP contribution in [0.2, 0.25) is 36.3 Å². The van der Waals surface area contributed by atoms with E-state index in [9.17, 15) is 0 Å². The van der Waals surface area contributed by atoms with Crippen molar-refractivity contribution in [3.63, 3.8) is 0 Å². The van der Waals surface area contributed by atoms with Gasteiger partial charge < -0.3 is 4.23 Å². The molecule has 0 saturated heterocycles. The molecule has 3 heteroatoms. The van der Waals surface area contributed by atoms with Gasteiger partial charge in [0.05, 0.1) is 0 Å². The van der Waals surface area contributed by atoms with Gasteiger partial charge in [-0.3, -0.25) is 0 Å². The van der Waals surface area contributed by atoms with E-state index in [4.69, 9.17) is 0 Å². The van der Waals surface area contributed by atoms with Crippen molar-refractivity contribution in [3.05, 3.63) is 0 Å². The summed E-state index contributed by atoms with van der Waals surface area (Å²) in [6.45, 7) is 14.5. The average molecular weight is 344 g/mol. The highest BCUT2D eigenvalue weighted by molar-refractivity contribution is 6.92. The van der Waals surface area contributed by atoms with Crippen LogP contribution in [0.15, 0.2) is 0 Å². The molecular formula is C19H45NSi2. The molecular weight excluding hydrogens is 298 g/mol. The van der Waals surface area contributed by atoms with Gasteiger partial charge in [-0.15, -0.1) is 0 Å². The van der Waals surface area contributed by atoms with Gasteiger partial charge in [0.2, 0.25) is 0 Å². The second kappa shape index (κ2) is 11.9. The van der Waals surface area contributed by atoms with Gasteiger partial charge in [0, 0.05) is 0 Å². The second-order valence-electron chi connectivity index (χ2n) is 7.51. The van der Waals surface area contributed by atoms with Crippen LogP contribution in [0.4, 0.5) is 0 Å². The van der Waals surface area contributed by atoms with Crippen LogP contribution in [0.25, 0.3) is 0 Å². The summed E-state index contributed by atoms with van der Waals surface area (Å²) in [6.07, 6.45) is 8.37. The Balaban J connectivity index is 5.67. The van der Waals surface area contributed by atoms with Gasteiger partial charge in [-0.25, -0.2) is 0 Å². The molecule has 0 rings (SSSR count). The Morgan fingerprint density at radius 3 is 0.773 bits per heavy atom. The van der Waals surface area contributed by atoms with Crippen LogP contribution in [0.1, 0.15) is 80.1 Å². The van der Waals surface area contributed by atoms with Crippen molar-refractivity contribution in [2.45, 2.75) is 116 Å². The Morgan fingerprint density at radius 2 is 0.636 bits per heavy atom. The minimum Gasteiger partial charge on any atom is -0.348 e. The minimum absolute atomic E-state index is 1.25. The first-order valence-corrected chi connectivity index (χ1v) is 15.4. The fourth-order valence-corrected chi connectivity index (χ4v) is 20.2. The van der Waals surface area contributed by atoms with E-state index >= 15 is 0 Å². The van der Waals surface area contributed by atoms with Gasteiger partial charge in [-0.2, -0.15) is 0 Å². The van der Waals surface area contributed by atoms with Crippen LogP contribution in [0.5, 0.6) is 0 Å². The first kappa shape index (κ1) is 22.4. The van der Waals surface area contributed by atoms with Crippen LogP contribution in [-0.2, 0) is 0 Å². The molecule has 0 spiro atoms. The Morgan fingerprint density at radius 1 is 0.455 bits per heavy atom. The molecule has 0 heterocycles. The fraction of sp³-hybridized carbons (Fsp3) is 1.00. The molecule has 0 aromatic heterocycles. The molecule has 0 saturated carbocycles. The van der Waals surface area contributed by atoms with E-state index < -0.39 is 16.5 Å². The molecule has 1 nitrogen and oxygen atoms in total. The molecule has 0 radical (unpaired) electrons. The molecule has 0 atom stereocenters. The topological polar surface area (TPSA) is 3.24 Å². The van der Waals surface area contributed by atoms with Crippen molar-refractivity contribution in [1.82, 2.24) is 4.23 Å². The van der Waals surface area contributed by atoms with Crippen molar-refractivity contribution >= 4 is 16.5 Å². The van der Waals surface area contributed by atoms with Crippen LogP contribution in [-0.4, -0.2) is 27.7 Å². The summed E-state index contributed by atoms with van der Waals surface area (Å²) >= 11 is 0. The predicted octanol–water partition coefficient (Wildman–Crippen LogP) is 7.27. The number of nitrogens with zero attached hydrogens (tertiary/aromatic N) is 1. The minimum atomic E-state index is -1.25. The molecule has 0 aromatic rings. The molecule has 0 amide bonds. The lowest BCUT2D eigenvalue weighted by molar-refractivity contribution is 0.647. The van der Waals surface area contributed by atoms with Crippen LogP contribution in [0.3, 0.4) is 0 Å². The van der Waals surface area contributed by atoms with Gasteiger partial charge in [0.15, 0.2) is 0 Å². The van der Waals surface area contributed by atoms with Gasteiger partial charge in [-0.1, -0.05) is 80.1 Å². The first-order chi connectivity index (χ1) is 10.5. The Hall–Kier alpha value is 0.394. The van der Waals surface area contributed by atoms with Gasteiger partial charge in [-0.05, 0) is 43.3 Å². The van der Waals surface area contributed by atoms with Crippen LogP contribution >= 0.6 is 0 Å². The van der Waals surface area contributed by atoms with Crippen molar-refractivity contribution in [2.24, 2.45) is 0 Å². The summed E-state index contributed by atoms with van der Waals surface area (Å²) < 4.78 is 3.17. The first-order valence-electron chi connectivity index (χ1n) is 10.3. The largest absolute Gasteiger partial charge is 0.348 e. The maximum atomic E-state index is 3.17. The molecule has 134 valence electrons. The van der Waals surface area contributed by atoms with E-state index in [0.29, 0.717) is 0 Å². The Kier molecular flexibility index (Phi) is 12.1. The third-order valence-corrected chi connectivity index (χ3v) is 20.0. The zero-order chi connectivity index (χ0) is 17.1. The lowest BCUT2D eigenvalue weighted by atomic mass is 10.5. The molecule has 0 aliphatic heterocycles. The van der Waals surface area contributed by atoms with Gasteiger partial charge in [0.25, 0.3) is 0 Å². The SMILES string of the molecule is CCC[Si](CCC)(CCC)N(C)[Si](CCC)(CCC)CCC. The number of hydrogen-bond donors (Lipinski definition) is 0. The zero-order valence-corrected chi connectivity index (χ0v) is 18.9. The molecule has 22 heavy (non-hydrogen) atoms. The number of rotatable bonds is 14. The van der Waals surface area contributed by atoms with Crippen LogP contribution in [0, 0.1) is 0 Å². The summed E-state index contributed by atoms with van der Waals surface area (Å²) in [5, 5.41) is 0. The quantitative estimate of drug-likeness (QED) is 0.300. The summed E-state index contributed by atoms with van der Waals surface area (Å²) in [6, 6.07) is 9.23. The highest BCUT2D eigenvalue weighted by Gasteiger charge is 2.46. The maximum absolute atomic E-state index is 3.17. The summed E-state index contributed by atoms with van der Waals surface area (Å²) in [5.74, 6) is 0. The number of hydrogen-bond acceptors (Lipinski definition) is 1. The maximum Gasteiger partial charge on any atom is 0.121 e. The van der Waals surface area contributed by atoms with E-state index in [2.05, 4.69) is 52.8 Å². The Labute approximate surface area is 144 Å². The van der Waals surface area contributed by atoms with Crippen molar-refractivity contribution < 1.29 is 0 Å². The van der Waals surface area contributed by atoms with Crippen LogP contribution < -0.4 is 0 Å². The summed E-state index contributed by atoms with van der Waals surface area (Å²) in [7, 11) is 0.0956. The molecule has 0 bridgehead atoms. The predicted molar refractivity (Wildman–Crippen MR) is 110 cm³/mol. The molecule has 0 fully saturated rings. The molecule has 0 aromatic carbocycles. The normalized spacial score (nSPS) is 13.1. The van der Waals surface area contributed by atoms with E-state index in [1.165, 1.54) is 74.8 Å². The highest BCUT2D eigenvalue weighted by atomic mass is 28.4. The third kappa shape index (κ3) is 5.79. The third-order valence-electron chi connectivity index (χ3n) is 5.72. The average Bonchev–Trinajstić information content (AvgIpc) is 2.48. The standard InChI is InChI=1S/C19H45NSi2/c1-8-14-21(15-9-2,16-10-3)20(7)22(17-11-4,18-12-5)19-13-6/h8-19H2,1-7H3. The van der Waals surface area contributed by atoms with Gasteiger partial charge in [0.1, 0.15) is 16.5 Å². The van der Waals surface area contributed by atoms with E-state index in [1.54, 1.807) is 0 Å². The summed E-state index contributed by atoms with van der Waals surface area (Å²) in [5.41, 5.74) is 0. The summed E-state index contributed by atoms with van der Waals surface area (Å²) in [4.78, 5) is 0. The van der Waals surface area contributed by atoms with Gasteiger partial charge >= 0.3 is 0 Å². The molecule has 0 aliphatic rings. The van der Waals surface area contributed by atoms with Crippen molar-refractivity contribution in [2.75, 3.05) is 7.05 Å². The van der Waals surface area contributed by atoms with E-state index in [0.717, 1.165) is 0 Å². The molecule has 0 unspecified atom stereocenters. The van der Waals surface area contributed by atoms with Crippen molar-refractivity contribution in [3.8, 4) is 0 Å². The van der Waals surface area contributed by atoms with Crippen molar-refractivity contribution in [1.29, 1.82) is 0 Å². The molecule has 0 aliphatic carbocycles. The highest BCUT2D eigenvalue weighted by Crippen LogP contribution is 2.38. The van der Waals surface area contributed by atoms with E-state index in [1.807, 2.05) is 0 Å². The van der Waals surface area contributed by atoms with E-state index in [-0.39, 0.29) is 0 Å².